The molecular weight excluding hydrogens is 210 g/mol. The molecule has 1 rings (SSSR count). The van der Waals surface area contributed by atoms with E-state index < -0.39 is 0 Å². The maximum absolute atomic E-state index is 5.25. The molecule has 4 nitrogen and oxygen atoms in total. The van der Waals surface area contributed by atoms with Crippen molar-refractivity contribution in [1.29, 1.82) is 0 Å². The number of thioether (sulfide) groups is 1. The fourth-order valence-corrected chi connectivity index (χ4v) is 1.83. The second-order valence-corrected chi connectivity index (χ2v) is 4.93. The summed E-state index contributed by atoms with van der Waals surface area (Å²) >= 11 is 1.62. The molecule has 1 heterocycles. The van der Waals surface area contributed by atoms with Gasteiger partial charge in [-0.3, -0.25) is 0 Å². The van der Waals surface area contributed by atoms with Crippen molar-refractivity contribution in [2.45, 2.75) is 32.4 Å². The second kappa shape index (κ2) is 6.85. The van der Waals surface area contributed by atoms with Crippen LogP contribution in [0.5, 0.6) is 0 Å². The average Bonchev–Trinajstić information content (AvgIpc) is 2.57. The van der Waals surface area contributed by atoms with E-state index in [-0.39, 0.29) is 0 Å². The van der Waals surface area contributed by atoms with E-state index in [1.807, 2.05) is 0 Å². The summed E-state index contributed by atoms with van der Waals surface area (Å²) in [4.78, 5) is 0. The first-order valence-corrected chi connectivity index (χ1v) is 6.30. The summed E-state index contributed by atoms with van der Waals surface area (Å²) in [6.07, 6.45) is 1.12. The van der Waals surface area contributed by atoms with Gasteiger partial charge in [-0.25, -0.2) is 0 Å². The van der Waals surface area contributed by atoms with Gasteiger partial charge in [0.15, 0.2) is 0 Å². The predicted molar refractivity (Wildman–Crippen MR) is 62.1 cm³/mol. The minimum atomic E-state index is 0.635. The maximum Gasteiger partial charge on any atom is 0.276 e. The van der Waals surface area contributed by atoms with Gasteiger partial charge in [0.05, 0.1) is 0 Å². The minimum absolute atomic E-state index is 0.635. The summed E-state index contributed by atoms with van der Waals surface area (Å²) in [5, 5.41) is 11.8. The van der Waals surface area contributed by atoms with E-state index in [1.54, 1.807) is 18.7 Å². The van der Waals surface area contributed by atoms with Crippen LogP contribution in [-0.2, 0) is 0 Å². The first kappa shape index (κ1) is 12.5. The number of nitrogens with one attached hydrogen (secondary N) is 1. The number of nitrogens with zero attached hydrogens (tertiary/aromatic N) is 2. The summed E-state index contributed by atoms with van der Waals surface area (Å²) < 4.78 is 5.25. The zero-order valence-corrected chi connectivity index (χ0v) is 10.4. The Bertz CT molecular complexity index is 275. The molecule has 1 aromatic heterocycles. The monoisotopic (exact) mass is 229 g/mol. The highest BCUT2D eigenvalue weighted by Gasteiger charge is 2.01. The van der Waals surface area contributed by atoms with E-state index >= 15 is 0 Å². The van der Waals surface area contributed by atoms with Gasteiger partial charge >= 0.3 is 0 Å². The van der Waals surface area contributed by atoms with Crippen LogP contribution in [0, 0.1) is 12.8 Å². The number of hydrogen-bond acceptors (Lipinski definition) is 5. The van der Waals surface area contributed by atoms with E-state index in [9.17, 15) is 0 Å². The molecule has 0 aromatic carbocycles. The highest BCUT2D eigenvalue weighted by atomic mass is 32.2. The Morgan fingerprint density at radius 3 is 2.80 bits per heavy atom. The van der Waals surface area contributed by atoms with Crippen LogP contribution in [0.3, 0.4) is 0 Å². The number of rotatable bonds is 7. The van der Waals surface area contributed by atoms with Gasteiger partial charge in [-0.1, -0.05) is 25.6 Å². The number of aromatic nitrogens is 2. The standard InChI is InChI=1S/C10H19N3OS/c1-8(2)7-11-5-4-6-15-10-13-12-9(3)14-10/h8,11H,4-7H2,1-3H3. The molecule has 0 saturated carbocycles. The van der Waals surface area contributed by atoms with Crippen molar-refractivity contribution in [2.24, 2.45) is 5.92 Å². The first-order chi connectivity index (χ1) is 7.18. The third-order valence-corrected chi connectivity index (χ3v) is 2.69. The summed E-state index contributed by atoms with van der Waals surface area (Å²) in [5.41, 5.74) is 0. The average molecular weight is 229 g/mol. The Balaban J connectivity index is 1.98. The van der Waals surface area contributed by atoms with Gasteiger partial charge in [-0.15, -0.1) is 10.2 Å². The molecule has 0 amide bonds. The second-order valence-electron chi connectivity index (χ2n) is 3.89. The van der Waals surface area contributed by atoms with Crippen molar-refractivity contribution in [3.05, 3.63) is 5.89 Å². The summed E-state index contributed by atoms with van der Waals surface area (Å²) in [5.74, 6) is 2.37. The van der Waals surface area contributed by atoms with Crippen LogP contribution in [0.15, 0.2) is 9.64 Å². The molecule has 0 aliphatic heterocycles. The molecule has 1 N–H and O–H groups in total. The fraction of sp³-hybridized carbons (Fsp3) is 0.800. The van der Waals surface area contributed by atoms with E-state index in [2.05, 4.69) is 29.4 Å². The molecule has 0 atom stereocenters. The van der Waals surface area contributed by atoms with E-state index in [1.165, 1.54) is 0 Å². The van der Waals surface area contributed by atoms with Gasteiger partial charge in [0, 0.05) is 12.7 Å². The van der Waals surface area contributed by atoms with Gasteiger partial charge in [-0.2, -0.15) is 0 Å². The lowest BCUT2D eigenvalue weighted by molar-refractivity contribution is 0.429. The van der Waals surface area contributed by atoms with Crippen LogP contribution < -0.4 is 5.32 Å². The third-order valence-electron chi connectivity index (χ3n) is 1.78. The van der Waals surface area contributed by atoms with Crippen molar-refractivity contribution in [3.8, 4) is 0 Å². The topological polar surface area (TPSA) is 51.0 Å². The predicted octanol–water partition coefficient (Wildman–Crippen LogP) is 2.11. The first-order valence-electron chi connectivity index (χ1n) is 5.32. The quantitative estimate of drug-likeness (QED) is 0.573. The van der Waals surface area contributed by atoms with E-state index in [0.29, 0.717) is 11.1 Å². The summed E-state index contributed by atoms with van der Waals surface area (Å²) in [7, 11) is 0. The molecule has 0 saturated heterocycles. The van der Waals surface area contributed by atoms with Gasteiger partial charge in [0.2, 0.25) is 5.89 Å². The van der Waals surface area contributed by atoms with E-state index in [0.717, 1.165) is 31.2 Å². The van der Waals surface area contributed by atoms with Crippen molar-refractivity contribution in [3.63, 3.8) is 0 Å². The smallest absolute Gasteiger partial charge is 0.276 e. The molecule has 0 unspecified atom stereocenters. The summed E-state index contributed by atoms with van der Waals surface area (Å²) in [6.45, 7) is 8.37. The largest absolute Gasteiger partial charge is 0.416 e. The SMILES string of the molecule is Cc1nnc(SCCCNCC(C)C)o1. The van der Waals surface area contributed by atoms with Crippen molar-refractivity contribution < 1.29 is 4.42 Å². The number of hydrogen-bond donors (Lipinski definition) is 1. The Labute approximate surface area is 95.2 Å². The Hall–Kier alpha value is -0.550. The van der Waals surface area contributed by atoms with Gasteiger partial charge in [-0.05, 0) is 25.4 Å². The van der Waals surface area contributed by atoms with Crippen LogP contribution in [0.2, 0.25) is 0 Å². The van der Waals surface area contributed by atoms with Gasteiger partial charge in [0.25, 0.3) is 5.22 Å². The van der Waals surface area contributed by atoms with Crippen LogP contribution >= 0.6 is 11.8 Å². The van der Waals surface area contributed by atoms with Gasteiger partial charge in [0.1, 0.15) is 0 Å². The normalized spacial score (nSPS) is 11.2. The van der Waals surface area contributed by atoms with Crippen LogP contribution in [-0.4, -0.2) is 29.0 Å². The number of aryl methyl sites for hydroxylation is 1. The lowest BCUT2D eigenvalue weighted by atomic mass is 10.2. The fourth-order valence-electron chi connectivity index (χ4n) is 1.08. The van der Waals surface area contributed by atoms with Crippen molar-refractivity contribution in [2.75, 3.05) is 18.8 Å². The Kier molecular flexibility index (Phi) is 5.71. The van der Waals surface area contributed by atoms with E-state index in [4.69, 9.17) is 4.42 Å². The maximum atomic E-state index is 5.25. The van der Waals surface area contributed by atoms with Crippen LogP contribution in [0.25, 0.3) is 0 Å². The molecule has 0 bridgehead atoms. The molecule has 0 spiro atoms. The minimum Gasteiger partial charge on any atom is -0.416 e. The van der Waals surface area contributed by atoms with Crippen molar-refractivity contribution in [1.82, 2.24) is 15.5 Å². The lowest BCUT2D eigenvalue weighted by Gasteiger charge is -2.05. The molecule has 15 heavy (non-hydrogen) atoms. The van der Waals surface area contributed by atoms with Gasteiger partial charge < -0.3 is 9.73 Å². The third kappa shape index (κ3) is 5.79. The molecule has 0 aliphatic carbocycles. The lowest BCUT2D eigenvalue weighted by Crippen LogP contribution is -2.21. The highest BCUT2D eigenvalue weighted by molar-refractivity contribution is 7.99. The molecule has 0 fully saturated rings. The molecule has 5 heteroatoms. The summed E-state index contributed by atoms with van der Waals surface area (Å²) in [6, 6.07) is 0. The highest BCUT2D eigenvalue weighted by Crippen LogP contribution is 2.15. The molecular formula is C10H19N3OS. The van der Waals surface area contributed by atoms with Crippen molar-refractivity contribution >= 4 is 11.8 Å². The zero-order valence-electron chi connectivity index (χ0n) is 9.62. The zero-order chi connectivity index (χ0) is 11.1. The molecule has 0 aliphatic rings. The van der Waals surface area contributed by atoms with Crippen LogP contribution in [0.1, 0.15) is 26.2 Å². The molecule has 86 valence electrons. The Morgan fingerprint density at radius 1 is 1.40 bits per heavy atom. The Morgan fingerprint density at radius 2 is 2.20 bits per heavy atom. The molecule has 1 aromatic rings. The van der Waals surface area contributed by atoms with Crippen LogP contribution in [0.4, 0.5) is 0 Å². The molecule has 0 radical (unpaired) electrons.